The lowest BCUT2D eigenvalue weighted by Gasteiger charge is -2.40. The third kappa shape index (κ3) is 4.17. The molecule has 0 saturated heterocycles. The third-order valence-corrected chi connectivity index (χ3v) is 7.28. The van der Waals surface area contributed by atoms with Gasteiger partial charge in [0.25, 0.3) is 5.91 Å². The van der Waals surface area contributed by atoms with Gasteiger partial charge in [0.2, 0.25) is 0 Å². The summed E-state index contributed by atoms with van der Waals surface area (Å²) in [6.07, 6.45) is 6.42. The van der Waals surface area contributed by atoms with Crippen LogP contribution < -0.4 is 15.9 Å². The lowest BCUT2D eigenvalue weighted by atomic mass is 9.79. The Balaban J connectivity index is 1.80. The first-order chi connectivity index (χ1) is 14.0. The Morgan fingerprint density at radius 1 is 1.38 bits per heavy atom. The van der Waals surface area contributed by atoms with Crippen molar-refractivity contribution in [1.29, 1.82) is 0 Å². The van der Waals surface area contributed by atoms with Gasteiger partial charge in [-0.05, 0) is 50.3 Å². The molecule has 154 valence electrons. The zero-order valence-electron chi connectivity index (χ0n) is 17.1. The van der Waals surface area contributed by atoms with Gasteiger partial charge in [0, 0.05) is 21.4 Å². The molecule has 1 amide bonds. The first-order valence-electron chi connectivity index (χ1n) is 10.3. The van der Waals surface area contributed by atoms with E-state index in [1.54, 1.807) is 11.8 Å². The van der Waals surface area contributed by atoms with E-state index in [1.807, 2.05) is 23.2 Å². The first kappa shape index (κ1) is 20.7. The topological polar surface area (TPSA) is 57.1 Å². The Morgan fingerprint density at radius 3 is 2.97 bits per heavy atom. The predicted molar refractivity (Wildman–Crippen MR) is 123 cm³/mol. The highest BCUT2D eigenvalue weighted by atomic mass is 79.9. The van der Waals surface area contributed by atoms with E-state index in [0.29, 0.717) is 22.7 Å². The van der Waals surface area contributed by atoms with Crippen LogP contribution in [0, 0.1) is 11.8 Å². The van der Waals surface area contributed by atoms with E-state index < -0.39 is 0 Å². The summed E-state index contributed by atoms with van der Waals surface area (Å²) in [5.74, 6) is 1.67. The van der Waals surface area contributed by atoms with Gasteiger partial charge in [0.15, 0.2) is 5.17 Å². The molecule has 0 spiro atoms. The average molecular weight is 475 g/mol. The minimum atomic E-state index is -0.161. The van der Waals surface area contributed by atoms with Crippen molar-refractivity contribution >= 4 is 44.5 Å². The molecule has 0 aromatic heterocycles. The molecule has 3 atom stereocenters. The number of allylic oxidation sites excluding steroid dienone is 2. The van der Waals surface area contributed by atoms with Gasteiger partial charge in [-0.25, -0.2) is 5.01 Å². The van der Waals surface area contributed by atoms with Crippen LogP contribution in [0.2, 0.25) is 0 Å². The molecule has 29 heavy (non-hydrogen) atoms. The van der Waals surface area contributed by atoms with Crippen LogP contribution >= 0.6 is 27.7 Å². The molecule has 0 unspecified atom stereocenters. The summed E-state index contributed by atoms with van der Waals surface area (Å²) < 4.78 is 0.932. The summed E-state index contributed by atoms with van der Waals surface area (Å²) >= 11 is 5.15. The maximum atomic E-state index is 13.2. The quantitative estimate of drug-likeness (QED) is 0.533. The monoisotopic (exact) mass is 474 g/mol. The highest BCUT2D eigenvalue weighted by Crippen LogP contribution is 2.36. The van der Waals surface area contributed by atoms with Gasteiger partial charge in [-0.3, -0.25) is 15.1 Å². The number of hydrazone groups is 1. The fourth-order valence-corrected chi connectivity index (χ4v) is 5.56. The lowest BCUT2D eigenvalue weighted by molar-refractivity contribution is -0.116. The number of rotatable bonds is 4. The number of hydrogen-bond acceptors (Lipinski definition) is 5. The van der Waals surface area contributed by atoms with E-state index in [9.17, 15) is 4.79 Å². The Morgan fingerprint density at radius 2 is 2.21 bits per heavy atom. The first-order valence-corrected chi connectivity index (χ1v) is 12.1. The summed E-state index contributed by atoms with van der Waals surface area (Å²) in [5.41, 5.74) is 2.05. The molecule has 1 aliphatic carbocycles. The van der Waals surface area contributed by atoms with Crippen LogP contribution in [-0.2, 0) is 4.79 Å². The van der Waals surface area contributed by atoms with E-state index in [2.05, 4.69) is 48.1 Å². The molecule has 0 radical (unpaired) electrons. The van der Waals surface area contributed by atoms with E-state index >= 15 is 0 Å². The molecule has 3 aliphatic rings. The minimum Gasteiger partial charge on any atom is -0.298 e. The maximum absolute atomic E-state index is 13.2. The molecular weight excluding hydrogens is 448 g/mol. The fourth-order valence-electron chi connectivity index (χ4n) is 4.26. The molecule has 4 rings (SSSR count). The van der Waals surface area contributed by atoms with Crippen LogP contribution in [0.15, 0.2) is 44.4 Å². The van der Waals surface area contributed by atoms with Crippen molar-refractivity contribution in [2.24, 2.45) is 21.9 Å². The number of hydrogen-bond donors (Lipinski definition) is 1. The number of benzene rings is 1. The van der Waals surface area contributed by atoms with Crippen molar-refractivity contribution in [3.63, 3.8) is 0 Å². The van der Waals surface area contributed by atoms with Crippen LogP contribution in [0.1, 0.15) is 46.5 Å². The fraction of sp³-hybridized carbons (Fsp3) is 0.500. The number of thioether (sulfide) groups is 1. The zero-order chi connectivity index (χ0) is 20.5. The highest BCUT2D eigenvalue weighted by Gasteiger charge is 2.39. The summed E-state index contributed by atoms with van der Waals surface area (Å²) in [4.78, 5) is 18.2. The smallest absolute Gasteiger partial charge is 0.276 e. The molecule has 0 saturated carbocycles. The summed E-state index contributed by atoms with van der Waals surface area (Å²) in [5, 5.41) is 12.2. The highest BCUT2D eigenvalue weighted by molar-refractivity contribution is 9.10. The van der Waals surface area contributed by atoms with E-state index in [0.717, 1.165) is 46.5 Å². The number of amides is 1. The second-order valence-corrected chi connectivity index (χ2v) is 10.1. The lowest BCUT2D eigenvalue weighted by Crippen LogP contribution is -2.55. The average Bonchev–Trinajstić information content (AvgIpc) is 2.68. The Labute approximate surface area is 184 Å². The SMILES string of the molecule is CCCCSC1=NN2C(=c3cc(Br)ccc3=N[C@@H]2[C@H]2CC=C(C)C[C@@H]2C)C(=O)N1. The Bertz CT molecular complexity index is 1000. The molecule has 0 fully saturated rings. The zero-order valence-corrected chi connectivity index (χ0v) is 19.5. The normalized spacial score (nSPS) is 26.1. The number of nitrogens with one attached hydrogen (secondary N) is 1. The number of fused-ring (bicyclic) bond motifs is 2. The Hall–Kier alpha value is -1.60. The van der Waals surface area contributed by atoms with Crippen LogP contribution in [0.5, 0.6) is 0 Å². The number of nitrogens with zero attached hydrogens (tertiary/aromatic N) is 3. The van der Waals surface area contributed by atoms with Crippen molar-refractivity contribution in [2.75, 3.05) is 5.75 Å². The number of carbonyl (C=O) groups is 1. The van der Waals surface area contributed by atoms with Crippen molar-refractivity contribution in [3.05, 3.63) is 44.9 Å². The van der Waals surface area contributed by atoms with Gasteiger partial charge in [0.05, 0.1) is 5.36 Å². The second kappa shape index (κ2) is 8.64. The molecule has 5 nitrogen and oxygen atoms in total. The number of halogens is 1. The third-order valence-electron chi connectivity index (χ3n) is 5.83. The van der Waals surface area contributed by atoms with Crippen LogP contribution in [0.3, 0.4) is 0 Å². The van der Waals surface area contributed by atoms with E-state index in [1.165, 1.54) is 5.57 Å². The molecule has 1 N–H and O–H groups in total. The van der Waals surface area contributed by atoms with Gasteiger partial charge in [-0.1, -0.05) is 59.6 Å². The van der Waals surface area contributed by atoms with Gasteiger partial charge < -0.3 is 0 Å². The summed E-state index contributed by atoms with van der Waals surface area (Å²) in [7, 11) is 0. The van der Waals surface area contributed by atoms with E-state index in [-0.39, 0.29) is 12.1 Å². The maximum Gasteiger partial charge on any atom is 0.276 e. The minimum absolute atomic E-state index is 0.0894. The standard InChI is InChI=1S/C22H27BrN4OS/c1-4-5-10-29-22-25-21(28)19-17-12-15(23)7-9-18(17)24-20(27(19)26-22)16-8-6-13(2)11-14(16)3/h6-7,9,12,14,16,20H,4-5,8,10-11H2,1-3H3,(H,25,26,28)/t14-,16-,20-/m0/s1. The molecule has 1 aromatic rings. The Kier molecular flexibility index (Phi) is 6.16. The van der Waals surface area contributed by atoms with Crippen LogP contribution in [0.4, 0.5) is 0 Å². The van der Waals surface area contributed by atoms with Crippen LogP contribution in [0.25, 0.3) is 5.70 Å². The predicted octanol–water partition coefficient (Wildman–Crippen LogP) is 3.75. The largest absolute Gasteiger partial charge is 0.298 e. The van der Waals surface area contributed by atoms with Crippen molar-refractivity contribution in [3.8, 4) is 0 Å². The number of carbonyl (C=O) groups excluding carboxylic acids is 1. The second-order valence-electron chi connectivity index (χ2n) is 8.09. The van der Waals surface area contributed by atoms with Gasteiger partial charge >= 0.3 is 0 Å². The molecule has 1 aromatic carbocycles. The summed E-state index contributed by atoms with van der Waals surface area (Å²) in [6, 6.07) is 5.95. The van der Waals surface area contributed by atoms with Gasteiger partial charge in [-0.15, -0.1) is 5.10 Å². The molecule has 2 heterocycles. The van der Waals surface area contributed by atoms with E-state index in [4.69, 9.17) is 10.1 Å². The number of amidine groups is 1. The summed E-state index contributed by atoms with van der Waals surface area (Å²) in [6.45, 7) is 6.66. The van der Waals surface area contributed by atoms with Crippen molar-refractivity contribution in [1.82, 2.24) is 10.3 Å². The molecule has 7 heteroatoms. The molecular formula is C22H27BrN4OS. The van der Waals surface area contributed by atoms with Crippen LogP contribution in [-0.4, -0.2) is 28.0 Å². The van der Waals surface area contributed by atoms with Crippen molar-refractivity contribution in [2.45, 2.75) is 52.6 Å². The van der Waals surface area contributed by atoms with Gasteiger partial charge in [-0.2, -0.15) is 0 Å². The molecule has 2 aliphatic heterocycles. The van der Waals surface area contributed by atoms with Gasteiger partial charge in [0.1, 0.15) is 11.9 Å². The van der Waals surface area contributed by atoms with Crippen molar-refractivity contribution < 1.29 is 4.79 Å². The number of unbranched alkanes of at least 4 members (excludes halogenated alkanes) is 1. The molecule has 0 bridgehead atoms.